The summed E-state index contributed by atoms with van der Waals surface area (Å²) in [6.45, 7) is 1.74. The number of aliphatic hydroxyl groups is 1. The van der Waals surface area contributed by atoms with Crippen LogP contribution >= 0.6 is 0 Å². The summed E-state index contributed by atoms with van der Waals surface area (Å²) in [6, 6.07) is 8.76. The monoisotopic (exact) mass is 385 g/mol. The number of aromatic hydroxyl groups is 1. The third-order valence-corrected chi connectivity index (χ3v) is 5.82. The van der Waals surface area contributed by atoms with E-state index in [1.54, 1.807) is 25.3 Å². The Morgan fingerprint density at radius 1 is 1.04 bits per heavy atom. The van der Waals surface area contributed by atoms with Gasteiger partial charge >= 0.3 is 0 Å². The van der Waals surface area contributed by atoms with Crippen molar-refractivity contribution in [1.29, 1.82) is 0 Å². The van der Waals surface area contributed by atoms with Gasteiger partial charge in [-0.3, -0.25) is 0 Å². The minimum Gasteiger partial charge on any atom is -0.508 e. The molecule has 0 aliphatic carbocycles. The fourth-order valence-electron chi connectivity index (χ4n) is 4.42. The second-order valence-corrected chi connectivity index (χ2v) is 7.47. The van der Waals surface area contributed by atoms with Gasteiger partial charge in [0.2, 0.25) is 6.79 Å². The van der Waals surface area contributed by atoms with E-state index in [4.69, 9.17) is 18.9 Å². The number of phenols is 1. The fraction of sp³-hybridized carbons (Fsp3) is 0.429. The molecule has 1 saturated heterocycles. The van der Waals surface area contributed by atoms with Crippen molar-refractivity contribution >= 4 is 0 Å². The third-order valence-electron chi connectivity index (χ3n) is 5.82. The van der Waals surface area contributed by atoms with Crippen molar-refractivity contribution < 1.29 is 29.2 Å². The minimum absolute atomic E-state index is 0.133. The van der Waals surface area contributed by atoms with Crippen molar-refractivity contribution in [2.75, 3.05) is 27.0 Å². The molecule has 7 heteroatoms. The molecule has 0 aromatic heterocycles. The van der Waals surface area contributed by atoms with Crippen molar-refractivity contribution in [1.82, 2.24) is 4.90 Å². The molecule has 2 N–H and O–H groups in total. The lowest BCUT2D eigenvalue weighted by molar-refractivity contribution is -0.249. The summed E-state index contributed by atoms with van der Waals surface area (Å²) in [4.78, 5) is 1.99. The van der Waals surface area contributed by atoms with Crippen LogP contribution in [-0.2, 0) is 0 Å². The first-order valence-electron chi connectivity index (χ1n) is 9.54. The number of fused-ring (bicyclic) bond motifs is 2. The summed E-state index contributed by atoms with van der Waals surface area (Å²) < 4.78 is 22.7. The zero-order valence-corrected chi connectivity index (χ0v) is 15.7. The van der Waals surface area contributed by atoms with Crippen molar-refractivity contribution in [2.45, 2.75) is 31.1 Å². The zero-order chi connectivity index (χ0) is 19.3. The van der Waals surface area contributed by atoms with Gasteiger partial charge in [0.15, 0.2) is 11.5 Å². The molecule has 3 aliphatic rings. The Hall–Kier alpha value is -2.64. The van der Waals surface area contributed by atoms with E-state index in [0.29, 0.717) is 29.4 Å². The summed E-state index contributed by atoms with van der Waals surface area (Å²) in [5.41, 5.74) is 1.78. The minimum atomic E-state index is -1.41. The number of hydrogen-bond donors (Lipinski definition) is 2. The Morgan fingerprint density at radius 2 is 1.79 bits per heavy atom. The van der Waals surface area contributed by atoms with Gasteiger partial charge in [0, 0.05) is 48.7 Å². The van der Waals surface area contributed by atoms with Crippen LogP contribution in [0.1, 0.15) is 36.3 Å². The maximum absolute atomic E-state index is 11.5. The predicted octanol–water partition coefficient (Wildman–Crippen LogP) is 2.79. The molecule has 2 atom stereocenters. The first kappa shape index (κ1) is 17.5. The molecule has 0 spiro atoms. The molecular weight excluding hydrogens is 362 g/mol. The van der Waals surface area contributed by atoms with E-state index in [0.717, 1.165) is 37.1 Å². The van der Waals surface area contributed by atoms with Crippen LogP contribution in [0.3, 0.4) is 0 Å². The highest BCUT2D eigenvalue weighted by Crippen LogP contribution is 2.51. The molecule has 7 nitrogen and oxygen atoms in total. The topological polar surface area (TPSA) is 80.6 Å². The lowest BCUT2D eigenvalue weighted by Gasteiger charge is -2.43. The summed E-state index contributed by atoms with van der Waals surface area (Å²) in [5, 5.41) is 21.3. The maximum atomic E-state index is 11.5. The molecule has 1 fully saturated rings. The van der Waals surface area contributed by atoms with Crippen LogP contribution in [0.15, 0.2) is 30.3 Å². The predicted molar refractivity (Wildman–Crippen MR) is 100 cm³/mol. The molecule has 0 radical (unpaired) electrons. The maximum Gasteiger partial charge on any atom is 0.271 e. The molecule has 0 amide bonds. The van der Waals surface area contributed by atoms with E-state index in [2.05, 4.69) is 0 Å². The van der Waals surface area contributed by atoms with Gasteiger partial charge in [-0.15, -0.1) is 0 Å². The molecular formula is C21H23NO6. The Labute approximate surface area is 163 Å². The first-order chi connectivity index (χ1) is 13.6. The van der Waals surface area contributed by atoms with Crippen molar-refractivity contribution in [3.05, 3.63) is 41.5 Å². The highest BCUT2D eigenvalue weighted by molar-refractivity contribution is 5.57. The van der Waals surface area contributed by atoms with Gasteiger partial charge in [0.1, 0.15) is 17.2 Å². The van der Waals surface area contributed by atoms with Gasteiger partial charge in [0.05, 0.1) is 7.11 Å². The van der Waals surface area contributed by atoms with Crippen LogP contribution in [0.4, 0.5) is 0 Å². The van der Waals surface area contributed by atoms with Crippen LogP contribution in [0.5, 0.6) is 28.7 Å². The molecule has 2 aromatic rings. The van der Waals surface area contributed by atoms with Crippen molar-refractivity contribution in [2.24, 2.45) is 0 Å². The smallest absolute Gasteiger partial charge is 0.271 e. The Balaban J connectivity index is 1.65. The SMILES string of the molecule is COc1cc(O)ccc1C1CC(O)(N2CCCC2)Oc2cc3c(cc21)OCO3. The molecule has 148 valence electrons. The Kier molecular flexibility index (Phi) is 4.03. The zero-order valence-electron chi connectivity index (χ0n) is 15.7. The van der Waals surface area contributed by atoms with E-state index < -0.39 is 5.91 Å². The quantitative estimate of drug-likeness (QED) is 0.841. The van der Waals surface area contributed by atoms with E-state index in [1.807, 2.05) is 17.0 Å². The molecule has 5 rings (SSSR count). The van der Waals surface area contributed by atoms with Gasteiger partial charge in [-0.05, 0) is 25.0 Å². The van der Waals surface area contributed by atoms with Crippen molar-refractivity contribution in [3.63, 3.8) is 0 Å². The number of phenolic OH excluding ortho intramolecular Hbond substituents is 1. The normalized spacial score (nSPS) is 26.0. The molecule has 0 saturated carbocycles. The number of hydrogen-bond acceptors (Lipinski definition) is 7. The fourth-order valence-corrected chi connectivity index (χ4v) is 4.42. The van der Waals surface area contributed by atoms with E-state index in [1.165, 1.54) is 0 Å². The average molecular weight is 385 g/mol. The molecule has 28 heavy (non-hydrogen) atoms. The van der Waals surface area contributed by atoms with Gasteiger partial charge in [0.25, 0.3) is 5.91 Å². The number of methoxy groups -OCH3 is 1. The number of nitrogens with zero attached hydrogens (tertiary/aromatic N) is 1. The largest absolute Gasteiger partial charge is 0.508 e. The van der Waals surface area contributed by atoms with Crippen LogP contribution in [0.2, 0.25) is 0 Å². The van der Waals surface area contributed by atoms with Crippen LogP contribution < -0.4 is 18.9 Å². The third kappa shape index (κ3) is 2.73. The summed E-state index contributed by atoms with van der Waals surface area (Å²) >= 11 is 0. The second kappa shape index (κ2) is 6.46. The molecule has 2 aromatic carbocycles. The number of likely N-dealkylation sites (tertiary alicyclic amines) is 1. The van der Waals surface area contributed by atoms with Gasteiger partial charge in [-0.2, -0.15) is 0 Å². The molecule has 3 heterocycles. The number of rotatable bonds is 3. The van der Waals surface area contributed by atoms with Gasteiger partial charge in [-0.25, -0.2) is 4.90 Å². The number of benzene rings is 2. The summed E-state index contributed by atoms with van der Waals surface area (Å²) in [5.74, 6) is 0.944. The molecule has 2 unspecified atom stereocenters. The summed E-state index contributed by atoms with van der Waals surface area (Å²) in [6.07, 6.45) is 2.42. The highest BCUT2D eigenvalue weighted by atomic mass is 16.7. The first-order valence-corrected chi connectivity index (χ1v) is 9.54. The van der Waals surface area contributed by atoms with E-state index in [9.17, 15) is 10.2 Å². The lowest BCUT2D eigenvalue weighted by Crippen LogP contribution is -2.54. The lowest BCUT2D eigenvalue weighted by atomic mass is 9.83. The van der Waals surface area contributed by atoms with E-state index in [-0.39, 0.29) is 18.5 Å². The van der Waals surface area contributed by atoms with Crippen molar-refractivity contribution in [3.8, 4) is 28.7 Å². The molecule has 0 bridgehead atoms. The second-order valence-electron chi connectivity index (χ2n) is 7.47. The Bertz CT molecular complexity index is 910. The highest BCUT2D eigenvalue weighted by Gasteiger charge is 2.47. The van der Waals surface area contributed by atoms with E-state index >= 15 is 0 Å². The number of ether oxygens (including phenoxy) is 4. The standard InChI is InChI=1S/C21H23NO6/c1-25-17-8-13(23)4-5-14(17)16-11-21(24,22-6-2-3-7-22)28-18-10-20-19(9-15(16)18)26-12-27-20/h4-5,8-10,16,23-24H,2-3,6-7,11-12H2,1H3. The van der Waals surface area contributed by atoms with Crippen LogP contribution in [-0.4, -0.2) is 48.0 Å². The average Bonchev–Trinajstić information content (AvgIpc) is 3.37. The van der Waals surface area contributed by atoms with Gasteiger partial charge in [-0.1, -0.05) is 6.07 Å². The van der Waals surface area contributed by atoms with Crippen LogP contribution in [0.25, 0.3) is 0 Å². The summed E-state index contributed by atoms with van der Waals surface area (Å²) in [7, 11) is 1.57. The molecule has 3 aliphatic heterocycles. The van der Waals surface area contributed by atoms with Gasteiger partial charge < -0.3 is 29.2 Å². The Morgan fingerprint density at radius 3 is 2.54 bits per heavy atom. The van der Waals surface area contributed by atoms with Crippen LogP contribution in [0, 0.1) is 0 Å².